The number of rotatable bonds is 5. The molecule has 0 saturated heterocycles. The maximum Gasteiger partial charge on any atom is 0.217 e. The van der Waals surface area contributed by atoms with Crippen LogP contribution in [0.4, 0.5) is 0 Å². The Labute approximate surface area is 312 Å². The summed E-state index contributed by atoms with van der Waals surface area (Å²) in [5, 5.41) is 14.0. The number of ether oxygens (including phenoxy) is 1. The number of phenols is 1. The number of fused-ring (bicyclic) bond motifs is 4. The summed E-state index contributed by atoms with van der Waals surface area (Å²) in [6.45, 7) is 13.1. The van der Waals surface area contributed by atoms with Crippen LogP contribution in [0.3, 0.4) is 0 Å². The summed E-state index contributed by atoms with van der Waals surface area (Å²) in [5.74, 6) is 1.80. The molecule has 0 amide bonds. The summed E-state index contributed by atoms with van der Waals surface area (Å²) in [6, 6.07) is 40.7. The second kappa shape index (κ2) is 13.1. The average Bonchev–Trinajstić information content (AvgIpc) is 3.42. The van der Waals surface area contributed by atoms with Crippen LogP contribution >= 0.6 is 0 Å². The molecule has 0 spiro atoms. The Morgan fingerprint density at radius 3 is 2.22 bits per heavy atom. The molecule has 0 aliphatic carbocycles. The van der Waals surface area contributed by atoms with Gasteiger partial charge in [0.1, 0.15) is 17.1 Å². The maximum atomic E-state index is 10.9. The Morgan fingerprint density at radius 2 is 1.47 bits per heavy atom. The van der Waals surface area contributed by atoms with Crippen molar-refractivity contribution in [1.29, 1.82) is 0 Å². The second-order valence-electron chi connectivity index (χ2n) is 14.2. The van der Waals surface area contributed by atoms with Crippen LogP contribution in [0.1, 0.15) is 43.0 Å². The molecule has 6 heteroatoms. The first kappa shape index (κ1) is 34.2. The molecular formula is C45H38N3O2Pt-. The van der Waals surface area contributed by atoms with Gasteiger partial charge in [0.2, 0.25) is 5.88 Å². The van der Waals surface area contributed by atoms with E-state index in [0.29, 0.717) is 17.1 Å². The quantitative estimate of drug-likeness (QED) is 0.175. The monoisotopic (exact) mass is 847 g/mol. The van der Waals surface area contributed by atoms with Crippen LogP contribution in [0.5, 0.6) is 17.4 Å². The van der Waals surface area contributed by atoms with E-state index in [2.05, 4.69) is 107 Å². The number of benzene rings is 5. The molecule has 8 rings (SSSR count). The van der Waals surface area contributed by atoms with Crippen molar-refractivity contribution in [2.75, 3.05) is 0 Å². The molecule has 0 unspecified atom stereocenters. The molecular weight excluding hydrogens is 810 g/mol. The number of aromatic hydroxyl groups is 1. The van der Waals surface area contributed by atoms with Crippen LogP contribution in [-0.4, -0.2) is 19.6 Å². The zero-order chi connectivity index (χ0) is 34.7. The number of nitrogens with zero attached hydrogens (tertiary/aromatic N) is 3. The standard InChI is InChI=1S/C45H38N3O2.Pt/c1-27-22-28(2)43(29(3)23-27)35-15-18-40(49)44-36(35)16-19-42(47-44)50-33-13-14-34-37-25-32(45(4,5)6)12-17-38(37)48(39(34)26-33)41-24-31(20-21-46-41)30-10-8-7-9-11-30;/h7-25,49H,1-6H3;/q-1;. The molecule has 0 radical (unpaired) electrons. The van der Waals surface area contributed by atoms with Crippen LogP contribution in [-0.2, 0) is 26.5 Å². The molecule has 0 aliphatic heterocycles. The number of aryl methyl sites for hydroxylation is 3. The molecule has 256 valence electrons. The molecule has 0 fully saturated rings. The van der Waals surface area contributed by atoms with Crippen LogP contribution < -0.4 is 4.74 Å². The first-order valence-corrected chi connectivity index (χ1v) is 17.0. The van der Waals surface area contributed by atoms with E-state index in [0.717, 1.165) is 55.3 Å². The molecule has 0 atom stereocenters. The fraction of sp³-hybridized carbons (Fsp3) is 0.156. The van der Waals surface area contributed by atoms with E-state index in [1.54, 1.807) is 6.07 Å². The van der Waals surface area contributed by atoms with Crippen LogP contribution in [0.25, 0.3) is 60.8 Å². The molecule has 1 N–H and O–H groups in total. The van der Waals surface area contributed by atoms with Crippen LogP contribution in [0, 0.1) is 26.8 Å². The first-order valence-electron chi connectivity index (χ1n) is 17.0. The van der Waals surface area contributed by atoms with Gasteiger partial charge >= 0.3 is 0 Å². The van der Waals surface area contributed by atoms with Crippen LogP contribution in [0.2, 0.25) is 0 Å². The van der Waals surface area contributed by atoms with Crippen molar-refractivity contribution in [3.05, 3.63) is 144 Å². The Kier molecular flexibility index (Phi) is 8.81. The predicted molar refractivity (Wildman–Crippen MR) is 205 cm³/mol. The van der Waals surface area contributed by atoms with E-state index in [1.807, 2.05) is 54.7 Å². The number of phenolic OH excluding ortho intramolecular Hbond substituents is 1. The molecule has 0 aliphatic rings. The van der Waals surface area contributed by atoms with Gasteiger partial charge in [-0.05, 0) is 107 Å². The average molecular weight is 848 g/mol. The first-order chi connectivity index (χ1) is 24.0. The summed E-state index contributed by atoms with van der Waals surface area (Å²) in [7, 11) is 0. The topological polar surface area (TPSA) is 60.2 Å². The van der Waals surface area contributed by atoms with Crippen LogP contribution in [0.15, 0.2) is 115 Å². The minimum absolute atomic E-state index is 0. The minimum Gasteiger partial charge on any atom is -0.506 e. The SMILES string of the molecule is Cc1cc(C)c(-c2ccc(O)c3nc(Oc4[c-]c5c(cc4)c4cc(C(C)(C)C)ccc4n5-c4cc(-c5ccccc5)ccn4)ccc23)c(C)c1.[Pt]. The van der Waals surface area contributed by atoms with Gasteiger partial charge in [-0.15, -0.1) is 17.5 Å². The van der Waals surface area contributed by atoms with Crippen molar-refractivity contribution >= 4 is 32.7 Å². The van der Waals surface area contributed by atoms with E-state index >= 15 is 0 Å². The second-order valence-corrected chi connectivity index (χ2v) is 14.2. The molecule has 0 saturated carbocycles. The number of aromatic nitrogens is 3. The van der Waals surface area contributed by atoms with Crippen molar-refractivity contribution in [1.82, 2.24) is 14.5 Å². The molecule has 3 aromatic heterocycles. The van der Waals surface area contributed by atoms with E-state index in [4.69, 9.17) is 14.7 Å². The summed E-state index contributed by atoms with van der Waals surface area (Å²) >= 11 is 0. The smallest absolute Gasteiger partial charge is 0.217 e. The maximum absolute atomic E-state index is 10.9. The van der Waals surface area contributed by atoms with Gasteiger partial charge in [-0.25, -0.2) is 9.97 Å². The van der Waals surface area contributed by atoms with Gasteiger partial charge in [0, 0.05) is 50.0 Å². The fourth-order valence-corrected chi connectivity index (χ4v) is 7.22. The molecule has 5 aromatic carbocycles. The van der Waals surface area contributed by atoms with Gasteiger partial charge in [0.05, 0.1) is 0 Å². The molecule has 8 aromatic rings. The molecule has 3 heterocycles. The minimum atomic E-state index is -0.00905. The van der Waals surface area contributed by atoms with E-state index in [9.17, 15) is 5.11 Å². The normalized spacial score (nSPS) is 11.6. The third-order valence-corrected chi connectivity index (χ3v) is 9.57. The third-order valence-electron chi connectivity index (χ3n) is 9.57. The zero-order valence-corrected chi connectivity index (χ0v) is 31.8. The number of pyridine rings is 2. The Hall–Kier alpha value is -5.25. The fourth-order valence-electron chi connectivity index (χ4n) is 7.22. The van der Waals surface area contributed by atoms with E-state index < -0.39 is 0 Å². The van der Waals surface area contributed by atoms with Crippen molar-refractivity contribution in [3.8, 4) is 45.5 Å². The van der Waals surface area contributed by atoms with Crippen molar-refractivity contribution in [2.24, 2.45) is 0 Å². The largest absolute Gasteiger partial charge is 0.506 e. The van der Waals surface area contributed by atoms with Crippen molar-refractivity contribution in [2.45, 2.75) is 47.0 Å². The number of hydrogen-bond donors (Lipinski definition) is 1. The predicted octanol–water partition coefficient (Wildman–Crippen LogP) is 11.6. The Balaban J connectivity index is 0.00000406. The van der Waals surface area contributed by atoms with Gasteiger partial charge in [-0.3, -0.25) is 0 Å². The third kappa shape index (κ3) is 6.21. The van der Waals surface area contributed by atoms with Gasteiger partial charge < -0.3 is 14.4 Å². The Morgan fingerprint density at radius 1 is 0.725 bits per heavy atom. The van der Waals surface area contributed by atoms with Crippen molar-refractivity contribution in [3.63, 3.8) is 0 Å². The molecule has 0 bridgehead atoms. The van der Waals surface area contributed by atoms with Gasteiger partial charge in [-0.2, -0.15) is 6.07 Å². The van der Waals surface area contributed by atoms with E-state index in [-0.39, 0.29) is 32.2 Å². The summed E-state index contributed by atoms with van der Waals surface area (Å²) in [5.41, 5.74) is 11.6. The van der Waals surface area contributed by atoms with Gasteiger partial charge in [0.15, 0.2) is 0 Å². The molecule has 5 nitrogen and oxygen atoms in total. The Bertz CT molecular complexity index is 2580. The summed E-state index contributed by atoms with van der Waals surface area (Å²) in [6.07, 6.45) is 1.86. The van der Waals surface area contributed by atoms with Gasteiger partial charge in [-0.1, -0.05) is 86.4 Å². The summed E-state index contributed by atoms with van der Waals surface area (Å²) in [4.78, 5) is 9.66. The molecule has 51 heavy (non-hydrogen) atoms. The zero-order valence-electron chi connectivity index (χ0n) is 29.5. The summed E-state index contributed by atoms with van der Waals surface area (Å²) < 4.78 is 8.57. The van der Waals surface area contributed by atoms with E-state index in [1.165, 1.54) is 22.3 Å². The van der Waals surface area contributed by atoms with Crippen molar-refractivity contribution < 1.29 is 30.9 Å². The number of hydrogen-bond acceptors (Lipinski definition) is 4. The van der Waals surface area contributed by atoms with Gasteiger partial charge in [0.25, 0.3) is 0 Å².